The first-order chi connectivity index (χ1) is 8.01. The van der Waals surface area contributed by atoms with E-state index < -0.39 is 6.29 Å². The molecule has 0 aromatic carbocycles. The van der Waals surface area contributed by atoms with Gasteiger partial charge >= 0.3 is 0 Å². The van der Waals surface area contributed by atoms with Gasteiger partial charge in [-0.25, -0.2) is 0 Å². The van der Waals surface area contributed by atoms with Gasteiger partial charge in [0, 0.05) is 0 Å². The van der Waals surface area contributed by atoms with E-state index in [9.17, 15) is 5.11 Å². The van der Waals surface area contributed by atoms with Gasteiger partial charge in [0.25, 0.3) is 0 Å². The summed E-state index contributed by atoms with van der Waals surface area (Å²) >= 11 is 0. The Morgan fingerprint density at radius 3 is 2.94 bits per heavy atom. The Morgan fingerprint density at radius 1 is 1.41 bits per heavy atom. The third-order valence-electron chi connectivity index (χ3n) is 4.79. The Balaban J connectivity index is 1.99. The molecule has 0 radical (unpaired) electrons. The molecule has 1 fully saturated rings. The van der Waals surface area contributed by atoms with Crippen molar-refractivity contribution >= 4 is 0 Å². The predicted molar refractivity (Wildman–Crippen MR) is 67.3 cm³/mol. The molecule has 1 unspecified atom stereocenters. The van der Waals surface area contributed by atoms with Crippen LogP contribution in [0.5, 0.6) is 0 Å². The van der Waals surface area contributed by atoms with Gasteiger partial charge in [0.2, 0.25) is 0 Å². The van der Waals surface area contributed by atoms with Crippen LogP contribution in [0, 0.1) is 11.3 Å². The third kappa shape index (κ3) is 1.54. The largest absolute Gasteiger partial charge is 0.364 e. The first-order valence-corrected chi connectivity index (χ1v) is 6.40. The lowest BCUT2D eigenvalue weighted by atomic mass is 9.61. The van der Waals surface area contributed by atoms with E-state index in [4.69, 9.17) is 4.74 Å². The second-order valence-corrected chi connectivity index (χ2v) is 5.92. The van der Waals surface area contributed by atoms with E-state index in [1.54, 1.807) is 0 Å². The van der Waals surface area contributed by atoms with Crippen molar-refractivity contribution in [3.05, 3.63) is 34.9 Å². The highest BCUT2D eigenvalue weighted by atomic mass is 16.6. The highest BCUT2D eigenvalue weighted by Gasteiger charge is 2.46. The molecule has 0 amide bonds. The van der Waals surface area contributed by atoms with Crippen molar-refractivity contribution in [3.63, 3.8) is 0 Å². The zero-order valence-electron chi connectivity index (χ0n) is 10.7. The number of ether oxygens (including phenoxy) is 1. The van der Waals surface area contributed by atoms with Gasteiger partial charge in [0.1, 0.15) is 0 Å². The molecule has 1 N–H and O–H groups in total. The molecule has 0 aromatic rings. The number of rotatable bonds is 0. The molecule has 0 saturated heterocycles. The highest BCUT2D eigenvalue weighted by Crippen LogP contribution is 2.52. The topological polar surface area (TPSA) is 29.5 Å². The quantitative estimate of drug-likeness (QED) is 0.651. The van der Waals surface area contributed by atoms with Crippen molar-refractivity contribution in [1.82, 2.24) is 0 Å². The van der Waals surface area contributed by atoms with Crippen LogP contribution in [0.1, 0.15) is 33.6 Å². The molecule has 3 rings (SSSR count). The summed E-state index contributed by atoms with van der Waals surface area (Å²) in [5.41, 5.74) is 4.02. The van der Waals surface area contributed by atoms with Gasteiger partial charge in [-0.05, 0) is 49.2 Å². The summed E-state index contributed by atoms with van der Waals surface area (Å²) in [7, 11) is 0. The second kappa shape index (κ2) is 3.56. The number of hydrogen-bond donors (Lipinski definition) is 1. The fourth-order valence-electron chi connectivity index (χ4n) is 3.61. The molecule has 1 heterocycles. The van der Waals surface area contributed by atoms with Crippen LogP contribution in [0.4, 0.5) is 0 Å². The van der Waals surface area contributed by atoms with Gasteiger partial charge in [-0.1, -0.05) is 30.7 Å². The molecule has 4 atom stereocenters. The minimum atomic E-state index is -0.674. The monoisotopic (exact) mass is 232 g/mol. The van der Waals surface area contributed by atoms with E-state index in [0.717, 1.165) is 18.4 Å². The molecule has 2 heteroatoms. The summed E-state index contributed by atoms with van der Waals surface area (Å²) in [5.74, 6) is 0.572. The normalized spacial score (nSPS) is 44.5. The van der Waals surface area contributed by atoms with E-state index in [1.165, 1.54) is 11.1 Å². The molecule has 17 heavy (non-hydrogen) atoms. The van der Waals surface area contributed by atoms with Crippen LogP contribution < -0.4 is 0 Å². The van der Waals surface area contributed by atoms with Gasteiger partial charge in [-0.2, -0.15) is 0 Å². The van der Waals surface area contributed by atoms with Crippen molar-refractivity contribution in [2.45, 2.75) is 46.0 Å². The van der Waals surface area contributed by atoms with Crippen LogP contribution in [-0.4, -0.2) is 17.5 Å². The number of aliphatic hydroxyl groups excluding tert-OH is 1. The van der Waals surface area contributed by atoms with Gasteiger partial charge < -0.3 is 9.84 Å². The van der Waals surface area contributed by atoms with Crippen LogP contribution in [0.25, 0.3) is 0 Å². The van der Waals surface area contributed by atoms with Gasteiger partial charge in [0.15, 0.2) is 6.29 Å². The van der Waals surface area contributed by atoms with E-state index in [-0.39, 0.29) is 11.5 Å². The number of aliphatic hydroxyl groups is 1. The van der Waals surface area contributed by atoms with Gasteiger partial charge in [-0.3, -0.25) is 0 Å². The molecular weight excluding hydrogens is 212 g/mol. The standard InChI is InChI=1S/C15H20O2/c1-9-5-4-6-15(3)8-13-11(7-12(9)15)10(2)14(16)17-13/h4-6,12-14,16H,7-8H2,1-3H3/t12-,13-,14?,15+/m0/s1. The first kappa shape index (κ1) is 11.2. The zero-order chi connectivity index (χ0) is 12.2. The van der Waals surface area contributed by atoms with E-state index >= 15 is 0 Å². The predicted octanol–water partition coefficient (Wildman–Crippen LogP) is 2.95. The molecule has 1 aliphatic heterocycles. The maximum absolute atomic E-state index is 9.80. The first-order valence-electron chi connectivity index (χ1n) is 6.40. The molecule has 0 bridgehead atoms. The van der Waals surface area contributed by atoms with Crippen LogP contribution in [0.3, 0.4) is 0 Å². The fourth-order valence-corrected chi connectivity index (χ4v) is 3.61. The number of hydrogen-bond acceptors (Lipinski definition) is 2. The van der Waals surface area contributed by atoms with Crippen molar-refractivity contribution in [1.29, 1.82) is 0 Å². The summed E-state index contributed by atoms with van der Waals surface area (Å²) in [6.45, 7) is 6.53. The van der Waals surface area contributed by atoms with E-state index in [2.05, 4.69) is 32.1 Å². The van der Waals surface area contributed by atoms with Crippen LogP contribution in [0.15, 0.2) is 34.9 Å². The molecular formula is C15H20O2. The lowest BCUT2D eigenvalue weighted by Crippen LogP contribution is -2.38. The molecule has 3 aliphatic rings. The summed E-state index contributed by atoms with van der Waals surface area (Å²) in [4.78, 5) is 0. The Labute approximate surface area is 103 Å². The second-order valence-electron chi connectivity index (χ2n) is 5.92. The maximum atomic E-state index is 9.80. The lowest BCUT2D eigenvalue weighted by Gasteiger charge is -2.44. The maximum Gasteiger partial charge on any atom is 0.177 e. The third-order valence-corrected chi connectivity index (χ3v) is 4.79. The van der Waals surface area contributed by atoms with Crippen molar-refractivity contribution in [2.75, 3.05) is 0 Å². The minimum Gasteiger partial charge on any atom is -0.364 e. The van der Waals surface area contributed by atoms with Crippen LogP contribution in [-0.2, 0) is 4.74 Å². The summed E-state index contributed by atoms with van der Waals surface area (Å²) in [6, 6.07) is 0. The SMILES string of the molecule is CC1=CC=C[C@]2(C)C[C@@H]3OC(O)C(C)=C3C[C@@H]12. The van der Waals surface area contributed by atoms with E-state index in [1.807, 2.05) is 6.92 Å². The zero-order valence-corrected chi connectivity index (χ0v) is 10.7. The number of fused-ring (bicyclic) bond motifs is 2. The highest BCUT2D eigenvalue weighted by molar-refractivity contribution is 5.35. The molecule has 2 nitrogen and oxygen atoms in total. The Bertz CT molecular complexity index is 444. The van der Waals surface area contributed by atoms with Gasteiger partial charge in [-0.15, -0.1) is 0 Å². The molecule has 1 saturated carbocycles. The van der Waals surface area contributed by atoms with Gasteiger partial charge in [0.05, 0.1) is 6.10 Å². The fraction of sp³-hybridized carbons (Fsp3) is 0.600. The average Bonchev–Trinajstić information content (AvgIpc) is 2.52. The van der Waals surface area contributed by atoms with Crippen molar-refractivity contribution in [3.8, 4) is 0 Å². The van der Waals surface area contributed by atoms with Crippen LogP contribution in [0.2, 0.25) is 0 Å². The smallest absolute Gasteiger partial charge is 0.177 e. The van der Waals surface area contributed by atoms with Crippen molar-refractivity contribution < 1.29 is 9.84 Å². The molecule has 2 aliphatic carbocycles. The molecule has 0 aromatic heterocycles. The van der Waals surface area contributed by atoms with Crippen molar-refractivity contribution in [2.24, 2.45) is 11.3 Å². The Kier molecular flexibility index (Phi) is 2.36. The number of allylic oxidation sites excluding steroid dienone is 4. The Morgan fingerprint density at radius 2 is 2.18 bits per heavy atom. The molecule has 0 spiro atoms. The summed E-state index contributed by atoms with van der Waals surface area (Å²) in [6.07, 6.45) is 8.17. The summed E-state index contributed by atoms with van der Waals surface area (Å²) in [5, 5.41) is 9.80. The van der Waals surface area contributed by atoms with Crippen LogP contribution >= 0.6 is 0 Å². The lowest BCUT2D eigenvalue weighted by molar-refractivity contribution is -0.0952. The van der Waals surface area contributed by atoms with E-state index in [0.29, 0.717) is 5.92 Å². The minimum absolute atomic E-state index is 0.127. The Hall–Kier alpha value is -0.860. The summed E-state index contributed by atoms with van der Waals surface area (Å²) < 4.78 is 5.66. The molecule has 92 valence electrons. The average molecular weight is 232 g/mol.